The van der Waals surface area contributed by atoms with E-state index < -0.39 is 0 Å². The number of benzene rings is 1. The summed E-state index contributed by atoms with van der Waals surface area (Å²) in [6.45, 7) is 5.05. The summed E-state index contributed by atoms with van der Waals surface area (Å²) in [5.41, 5.74) is 2.14. The molecular weight excluding hydrogens is 429 g/mol. The number of nitrogens with one attached hydrogen (secondary N) is 3. The summed E-state index contributed by atoms with van der Waals surface area (Å²) < 4.78 is 5.63. The number of H-pyrrole nitrogens is 1. The van der Waals surface area contributed by atoms with Crippen molar-refractivity contribution < 1.29 is 4.74 Å². The molecule has 1 fully saturated rings. The van der Waals surface area contributed by atoms with Gasteiger partial charge in [-0.05, 0) is 25.3 Å². The fourth-order valence-electron chi connectivity index (χ4n) is 2.72. The lowest BCUT2D eigenvalue weighted by Gasteiger charge is -2.14. The Kier molecular flexibility index (Phi) is 8.20. The van der Waals surface area contributed by atoms with Gasteiger partial charge < -0.3 is 20.4 Å². The molecule has 25 heavy (non-hydrogen) atoms. The van der Waals surface area contributed by atoms with Gasteiger partial charge in [-0.25, -0.2) is 9.98 Å². The van der Waals surface area contributed by atoms with E-state index in [1.165, 1.54) is 0 Å². The number of aliphatic imine (C=N–C) groups is 1. The Bertz CT molecular complexity index is 652. The van der Waals surface area contributed by atoms with Crippen molar-refractivity contribution in [3.8, 4) is 11.3 Å². The first-order chi connectivity index (χ1) is 11.8. The molecule has 2 aromatic rings. The highest BCUT2D eigenvalue weighted by atomic mass is 127. The monoisotopic (exact) mass is 455 g/mol. The maximum absolute atomic E-state index is 5.63. The number of imidazole rings is 1. The van der Waals surface area contributed by atoms with E-state index >= 15 is 0 Å². The van der Waals surface area contributed by atoms with E-state index in [1.54, 1.807) is 0 Å². The van der Waals surface area contributed by atoms with Gasteiger partial charge >= 0.3 is 0 Å². The minimum absolute atomic E-state index is 0. The quantitative estimate of drug-likeness (QED) is 0.356. The van der Waals surface area contributed by atoms with Gasteiger partial charge in [0.2, 0.25) is 0 Å². The van der Waals surface area contributed by atoms with Crippen LogP contribution in [-0.4, -0.2) is 41.7 Å². The molecule has 3 rings (SSSR count). The van der Waals surface area contributed by atoms with Gasteiger partial charge in [-0.3, -0.25) is 0 Å². The van der Waals surface area contributed by atoms with E-state index in [4.69, 9.17) is 4.74 Å². The van der Waals surface area contributed by atoms with Crippen molar-refractivity contribution in [1.29, 1.82) is 0 Å². The first kappa shape index (κ1) is 19.7. The molecule has 1 unspecified atom stereocenters. The van der Waals surface area contributed by atoms with Gasteiger partial charge in [0.15, 0.2) is 5.96 Å². The maximum Gasteiger partial charge on any atom is 0.191 e. The second-order valence-corrected chi connectivity index (χ2v) is 5.82. The van der Waals surface area contributed by atoms with Crippen molar-refractivity contribution >= 4 is 29.9 Å². The Balaban J connectivity index is 0.00000225. The first-order valence-electron chi connectivity index (χ1n) is 8.58. The number of hydrogen-bond acceptors (Lipinski definition) is 3. The fraction of sp³-hybridized carbons (Fsp3) is 0.444. The van der Waals surface area contributed by atoms with Crippen molar-refractivity contribution in [3.05, 3.63) is 42.4 Å². The third-order valence-corrected chi connectivity index (χ3v) is 3.97. The fourth-order valence-corrected chi connectivity index (χ4v) is 2.72. The lowest BCUT2D eigenvalue weighted by atomic mass is 10.2. The van der Waals surface area contributed by atoms with E-state index in [-0.39, 0.29) is 24.0 Å². The smallest absolute Gasteiger partial charge is 0.191 e. The Morgan fingerprint density at radius 1 is 1.32 bits per heavy atom. The summed E-state index contributed by atoms with van der Waals surface area (Å²) in [5, 5.41) is 6.60. The van der Waals surface area contributed by atoms with Crippen LogP contribution >= 0.6 is 24.0 Å². The van der Waals surface area contributed by atoms with Crippen LogP contribution in [0.25, 0.3) is 11.3 Å². The molecular formula is C18H26IN5O. The van der Waals surface area contributed by atoms with Gasteiger partial charge in [-0.15, -0.1) is 24.0 Å². The number of halogens is 1. The average Bonchev–Trinajstić information content (AvgIpc) is 3.30. The Morgan fingerprint density at radius 2 is 2.16 bits per heavy atom. The van der Waals surface area contributed by atoms with Gasteiger partial charge in [0.25, 0.3) is 0 Å². The van der Waals surface area contributed by atoms with Crippen molar-refractivity contribution in [2.24, 2.45) is 4.99 Å². The van der Waals surface area contributed by atoms with Crippen molar-refractivity contribution in [3.63, 3.8) is 0 Å². The van der Waals surface area contributed by atoms with Crippen molar-refractivity contribution in [2.75, 3.05) is 19.7 Å². The van der Waals surface area contributed by atoms with E-state index in [0.29, 0.717) is 12.6 Å². The van der Waals surface area contributed by atoms with E-state index in [1.807, 2.05) is 24.4 Å². The standard InChI is InChI=1S/C18H25N5O.HI/c1-2-19-18(21-11-15-9-6-10-24-15)22-13-17-20-12-16(23-17)14-7-4-3-5-8-14;/h3-5,7-8,12,15H,2,6,9-11,13H2,1H3,(H,20,23)(H2,19,21,22);1H. The lowest BCUT2D eigenvalue weighted by Crippen LogP contribution is -2.41. The largest absolute Gasteiger partial charge is 0.376 e. The van der Waals surface area contributed by atoms with Crippen LogP contribution in [0.2, 0.25) is 0 Å². The molecule has 1 aliphatic rings. The van der Waals surface area contributed by atoms with Crippen LogP contribution < -0.4 is 10.6 Å². The molecule has 0 amide bonds. The molecule has 7 heteroatoms. The molecule has 0 bridgehead atoms. The SMILES string of the molecule is CCNC(=NCc1ncc(-c2ccccc2)[nH]1)NCC1CCCO1.I. The van der Waals surface area contributed by atoms with Crippen LogP contribution in [0.1, 0.15) is 25.6 Å². The average molecular weight is 455 g/mol. The Labute approximate surface area is 165 Å². The molecule has 0 spiro atoms. The second-order valence-electron chi connectivity index (χ2n) is 5.82. The summed E-state index contributed by atoms with van der Waals surface area (Å²) >= 11 is 0. The third-order valence-electron chi connectivity index (χ3n) is 3.97. The number of rotatable bonds is 6. The molecule has 1 atom stereocenters. The molecule has 2 heterocycles. The second kappa shape index (κ2) is 10.4. The Morgan fingerprint density at radius 3 is 2.88 bits per heavy atom. The highest BCUT2D eigenvalue weighted by Gasteiger charge is 2.15. The molecule has 1 saturated heterocycles. The van der Waals surface area contributed by atoms with Gasteiger partial charge in [-0.1, -0.05) is 30.3 Å². The van der Waals surface area contributed by atoms with Crippen LogP contribution in [0.5, 0.6) is 0 Å². The van der Waals surface area contributed by atoms with Crippen LogP contribution in [0.3, 0.4) is 0 Å². The number of hydrogen-bond donors (Lipinski definition) is 3. The predicted octanol–water partition coefficient (Wildman–Crippen LogP) is 2.93. The summed E-state index contributed by atoms with van der Waals surface area (Å²) in [6, 6.07) is 10.2. The normalized spacial score (nSPS) is 17.2. The molecule has 1 aliphatic heterocycles. The summed E-state index contributed by atoms with van der Waals surface area (Å²) in [7, 11) is 0. The Hall–Kier alpha value is -1.61. The molecule has 0 saturated carbocycles. The van der Waals surface area contributed by atoms with Crippen molar-refractivity contribution in [1.82, 2.24) is 20.6 Å². The van der Waals surface area contributed by atoms with Gasteiger partial charge in [-0.2, -0.15) is 0 Å². The zero-order chi connectivity index (χ0) is 16.6. The van der Waals surface area contributed by atoms with Crippen LogP contribution in [0.15, 0.2) is 41.5 Å². The zero-order valence-electron chi connectivity index (χ0n) is 14.5. The van der Waals surface area contributed by atoms with Gasteiger partial charge in [0, 0.05) is 19.7 Å². The van der Waals surface area contributed by atoms with Crippen LogP contribution in [0, 0.1) is 0 Å². The van der Waals surface area contributed by atoms with Crippen LogP contribution in [-0.2, 0) is 11.3 Å². The van der Waals surface area contributed by atoms with E-state index in [0.717, 1.165) is 55.6 Å². The minimum Gasteiger partial charge on any atom is -0.376 e. The van der Waals surface area contributed by atoms with Crippen molar-refractivity contribution in [2.45, 2.75) is 32.4 Å². The number of nitrogens with zero attached hydrogens (tertiary/aromatic N) is 2. The van der Waals surface area contributed by atoms with Gasteiger partial charge in [0.1, 0.15) is 12.4 Å². The lowest BCUT2D eigenvalue weighted by molar-refractivity contribution is 0.114. The number of aromatic nitrogens is 2. The summed E-state index contributed by atoms with van der Waals surface area (Å²) in [6.07, 6.45) is 4.41. The number of guanidine groups is 1. The van der Waals surface area contributed by atoms with Crippen LogP contribution in [0.4, 0.5) is 0 Å². The van der Waals surface area contributed by atoms with E-state index in [9.17, 15) is 0 Å². The minimum atomic E-state index is 0. The maximum atomic E-state index is 5.63. The number of aromatic amines is 1. The summed E-state index contributed by atoms with van der Waals surface area (Å²) in [5.74, 6) is 1.65. The highest BCUT2D eigenvalue weighted by Crippen LogP contribution is 2.16. The molecule has 1 aromatic heterocycles. The molecule has 0 aliphatic carbocycles. The molecule has 6 nitrogen and oxygen atoms in total. The summed E-state index contributed by atoms with van der Waals surface area (Å²) in [4.78, 5) is 12.3. The van der Waals surface area contributed by atoms with E-state index in [2.05, 4.69) is 44.7 Å². The highest BCUT2D eigenvalue weighted by molar-refractivity contribution is 14.0. The molecule has 136 valence electrons. The predicted molar refractivity (Wildman–Crippen MR) is 111 cm³/mol. The topological polar surface area (TPSA) is 74.3 Å². The first-order valence-corrected chi connectivity index (χ1v) is 8.58. The molecule has 1 aromatic carbocycles. The molecule has 0 radical (unpaired) electrons. The zero-order valence-corrected chi connectivity index (χ0v) is 16.8. The third kappa shape index (κ3) is 6.00. The molecule has 3 N–H and O–H groups in total. The number of ether oxygens (including phenoxy) is 1. The van der Waals surface area contributed by atoms with Gasteiger partial charge in [0.05, 0.1) is 18.0 Å².